The first kappa shape index (κ1) is 21.2. The van der Waals surface area contributed by atoms with Gasteiger partial charge in [0.15, 0.2) is 0 Å². The molecular weight excluding hydrogens is 403 g/mol. The van der Waals surface area contributed by atoms with Crippen LogP contribution >= 0.6 is 0 Å². The van der Waals surface area contributed by atoms with E-state index in [-0.39, 0.29) is 11.4 Å². The van der Waals surface area contributed by atoms with E-state index in [1.807, 2.05) is 12.1 Å². The number of rotatable bonds is 3. The molecule has 1 N–H and O–H groups in total. The van der Waals surface area contributed by atoms with Gasteiger partial charge in [-0.15, -0.1) is 0 Å². The Morgan fingerprint density at radius 3 is 2.26 bits per heavy atom. The fourth-order valence-electron chi connectivity index (χ4n) is 3.90. The number of benzene rings is 2. The molecule has 162 valence electrons. The van der Waals surface area contributed by atoms with E-state index in [1.165, 1.54) is 44.4 Å². The van der Waals surface area contributed by atoms with Crippen LogP contribution in [0.3, 0.4) is 0 Å². The van der Waals surface area contributed by atoms with Crippen molar-refractivity contribution in [2.45, 2.75) is 38.3 Å². The second kappa shape index (κ2) is 8.96. The van der Waals surface area contributed by atoms with Crippen LogP contribution in [0.2, 0.25) is 0 Å². The summed E-state index contributed by atoms with van der Waals surface area (Å²) in [5, 5.41) is 3.30. The van der Waals surface area contributed by atoms with Gasteiger partial charge >= 0.3 is 6.18 Å². The lowest BCUT2D eigenvalue weighted by Crippen LogP contribution is -2.27. The maximum atomic E-state index is 12.9. The SMILES string of the molecule is O=C(Nc1cnc2cc(C(F)(F)F)ccc2c1)c1ccc(N2CCCCCCC2)cc1. The molecule has 0 aliphatic carbocycles. The van der Waals surface area contributed by atoms with Crippen LogP contribution in [-0.4, -0.2) is 24.0 Å². The lowest BCUT2D eigenvalue weighted by Gasteiger charge is -2.27. The van der Waals surface area contributed by atoms with Gasteiger partial charge in [0, 0.05) is 29.7 Å². The Morgan fingerprint density at radius 1 is 0.903 bits per heavy atom. The third kappa shape index (κ3) is 5.16. The Labute approximate surface area is 179 Å². The molecule has 1 fully saturated rings. The second-order valence-electron chi connectivity index (χ2n) is 7.89. The summed E-state index contributed by atoms with van der Waals surface area (Å²) < 4.78 is 38.6. The van der Waals surface area contributed by atoms with Crippen LogP contribution in [0.5, 0.6) is 0 Å². The van der Waals surface area contributed by atoms with Gasteiger partial charge < -0.3 is 10.2 Å². The number of fused-ring (bicyclic) bond motifs is 1. The standard InChI is InChI=1S/C24H24F3N3O/c25-24(26,27)19-9-6-18-14-20(16-28-22(18)15-19)29-23(31)17-7-10-21(11-8-17)30-12-4-2-1-3-5-13-30/h6-11,14-16H,1-5,12-13H2,(H,29,31). The molecule has 1 saturated heterocycles. The summed E-state index contributed by atoms with van der Waals surface area (Å²) in [6.07, 6.45) is 3.14. The molecule has 0 spiro atoms. The summed E-state index contributed by atoms with van der Waals surface area (Å²) in [6.45, 7) is 2.06. The molecule has 2 heterocycles. The van der Waals surface area contributed by atoms with Crippen LogP contribution in [0.25, 0.3) is 10.9 Å². The van der Waals surface area contributed by atoms with Crippen molar-refractivity contribution in [1.29, 1.82) is 0 Å². The molecule has 4 nitrogen and oxygen atoms in total. The molecule has 1 amide bonds. The minimum Gasteiger partial charge on any atom is -0.372 e. The first-order valence-corrected chi connectivity index (χ1v) is 10.5. The van der Waals surface area contributed by atoms with Gasteiger partial charge in [0.2, 0.25) is 0 Å². The third-order valence-electron chi connectivity index (χ3n) is 5.62. The Kier molecular flexibility index (Phi) is 6.11. The summed E-state index contributed by atoms with van der Waals surface area (Å²) in [6, 6.07) is 12.5. The quantitative estimate of drug-likeness (QED) is 0.535. The van der Waals surface area contributed by atoms with Crippen LogP contribution in [0, 0.1) is 0 Å². The first-order valence-electron chi connectivity index (χ1n) is 10.5. The zero-order valence-corrected chi connectivity index (χ0v) is 17.1. The molecule has 0 atom stereocenters. The van der Waals surface area contributed by atoms with Gasteiger partial charge in [0.05, 0.1) is 23.0 Å². The van der Waals surface area contributed by atoms with Crippen molar-refractivity contribution in [2.75, 3.05) is 23.3 Å². The monoisotopic (exact) mass is 427 g/mol. The smallest absolute Gasteiger partial charge is 0.372 e. The number of alkyl halides is 3. The summed E-state index contributed by atoms with van der Waals surface area (Å²) >= 11 is 0. The van der Waals surface area contributed by atoms with Gasteiger partial charge in [-0.2, -0.15) is 13.2 Å². The number of hydrogen-bond acceptors (Lipinski definition) is 3. The second-order valence-corrected chi connectivity index (χ2v) is 7.89. The van der Waals surface area contributed by atoms with Gasteiger partial charge in [0.25, 0.3) is 5.91 Å². The largest absolute Gasteiger partial charge is 0.416 e. The molecule has 2 aromatic carbocycles. The summed E-state index contributed by atoms with van der Waals surface area (Å²) in [4.78, 5) is 19.1. The topological polar surface area (TPSA) is 45.2 Å². The molecule has 1 aromatic heterocycles. The molecule has 0 unspecified atom stereocenters. The van der Waals surface area contributed by atoms with Gasteiger partial charge in [-0.25, -0.2) is 0 Å². The Bertz CT molecular complexity index is 1060. The van der Waals surface area contributed by atoms with E-state index in [2.05, 4.69) is 15.2 Å². The predicted molar refractivity (Wildman–Crippen MR) is 116 cm³/mol. The van der Waals surface area contributed by atoms with Crippen LogP contribution in [0.4, 0.5) is 24.5 Å². The Balaban J connectivity index is 1.45. The Morgan fingerprint density at radius 2 is 1.58 bits per heavy atom. The number of nitrogens with one attached hydrogen (secondary N) is 1. The third-order valence-corrected chi connectivity index (χ3v) is 5.62. The van der Waals surface area contributed by atoms with E-state index in [4.69, 9.17) is 0 Å². The fraction of sp³-hybridized carbons (Fsp3) is 0.333. The van der Waals surface area contributed by atoms with E-state index in [0.29, 0.717) is 16.6 Å². The number of nitrogens with zero attached hydrogens (tertiary/aromatic N) is 2. The van der Waals surface area contributed by atoms with Crippen molar-refractivity contribution in [3.63, 3.8) is 0 Å². The zero-order valence-electron chi connectivity index (χ0n) is 17.1. The van der Waals surface area contributed by atoms with E-state index in [1.54, 1.807) is 18.2 Å². The number of anilines is 2. The number of hydrogen-bond donors (Lipinski definition) is 1. The van der Waals surface area contributed by atoms with Crippen LogP contribution in [0.15, 0.2) is 54.7 Å². The van der Waals surface area contributed by atoms with Gasteiger partial charge in [0.1, 0.15) is 0 Å². The molecule has 1 aliphatic heterocycles. The number of pyridine rings is 1. The minimum absolute atomic E-state index is 0.227. The van der Waals surface area contributed by atoms with E-state index in [0.717, 1.165) is 30.9 Å². The summed E-state index contributed by atoms with van der Waals surface area (Å²) in [5.74, 6) is -0.285. The lowest BCUT2D eigenvalue weighted by molar-refractivity contribution is -0.137. The highest BCUT2D eigenvalue weighted by atomic mass is 19.4. The average Bonchev–Trinajstić information content (AvgIpc) is 2.72. The molecule has 3 aromatic rings. The maximum absolute atomic E-state index is 12.9. The van der Waals surface area contributed by atoms with Crippen LogP contribution in [-0.2, 0) is 6.18 Å². The maximum Gasteiger partial charge on any atom is 0.416 e. The van der Waals surface area contributed by atoms with Crippen molar-refractivity contribution in [3.05, 3.63) is 65.9 Å². The summed E-state index contributed by atoms with van der Waals surface area (Å²) in [7, 11) is 0. The summed E-state index contributed by atoms with van der Waals surface area (Å²) in [5.41, 5.74) is 1.55. The fourth-order valence-corrected chi connectivity index (χ4v) is 3.90. The van der Waals surface area contributed by atoms with E-state index in [9.17, 15) is 18.0 Å². The first-order chi connectivity index (χ1) is 14.9. The van der Waals surface area contributed by atoms with Gasteiger partial charge in [-0.05, 0) is 55.3 Å². The highest BCUT2D eigenvalue weighted by molar-refractivity contribution is 6.05. The van der Waals surface area contributed by atoms with Crippen molar-refractivity contribution >= 4 is 28.2 Å². The number of aromatic nitrogens is 1. The Hall–Kier alpha value is -3.09. The molecule has 0 radical (unpaired) electrons. The number of halogens is 3. The molecule has 31 heavy (non-hydrogen) atoms. The molecule has 4 rings (SSSR count). The lowest BCUT2D eigenvalue weighted by atomic mass is 10.1. The normalized spacial score (nSPS) is 15.4. The van der Waals surface area contributed by atoms with Crippen molar-refractivity contribution in [3.8, 4) is 0 Å². The van der Waals surface area contributed by atoms with Crippen molar-refractivity contribution < 1.29 is 18.0 Å². The predicted octanol–water partition coefficient (Wildman–Crippen LogP) is 6.28. The zero-order chi connectivity index (χ0) is 21.8. The molecule has 0 saturated carbocycles. The number of amides is 1. The average molecular weight is 427 g/mol. The molecular formula is C24H24F3N3O. The highest BCUT2D eigenvalue weighted by Crippen LogP contribution is 2.31. The van der Waals surface area contributed by atoms with E-state index < -0.39 is 11.7 Å². The minimum atomic E-state index is -4.42. The van der Waals surface area contributed by atoms with Crippen LogP contribution in [0.1, 0.15) is 48.0 Å². The number of carbonyl (C=O) groups is 1. The molecule has 0 bridgehead atoms. The van der Waals surface area contributed by atoms with Gasteiger partial charge in [-0.1, -0.05) is 25.3 Å². The van der Waals surface area contributed by atoms with Crippen LogP contribution < -0.4 is 10.2 Å². The molecule has 1 aliphatic rings. The van der Waals surface area contributed by atoms with Gasteiger partial charge in [-0.3, -0.25) is 9.78 Å². The van der Waals surface area contributed by atoms with E-state index >= 15 is 0 Å². The van der Waals surface area contributed by atoms with Crippen molar-refractivity contribution in [2.24, 2.45) is 0 Å². The molecule has 7 heteroatoms. The number of carbonyl (C=O) groups excluding carboxylic acids is 1. The highest BCUT2D eigenvalue weighted by Gasteiger charge is 2.30. The van der Waals surface area contributed by atoms with Crippen molar-refractivity contribution in [1.82, 2.24) is 4.98 Å².